The number of fused-ring (bicyclic) bond motifs is 1. The summed E-state index contributed by atoms with van der Waals surface area (Å²) in [6, 6.07) is 25.6. The molecule has 0 fully saturated rings. The van der Waals surface area contributed by atoms with E-state index in [4.69, 9.17) is 4.74 Å². The van der Waals surface area contributed by atoms with E-state index in [9.17, 15) is 9.59 Å². The van der Waals surface area contributed by atoms with Gasteiger partial charge in [0.25, 0.3) is 5.91 Å². The van der Waals surface area contributed by atoms with Gasteiger partial charge in [-0.1, -0.05) is 60.7 Å². The molecule has 3 aromatic carbocycles. The van der Waals surface area contributed by atoms with Crippen LogP contribution in [0.4, 0.5) is 5.69 Å². The summed E-state index contributed by atoms with van der Waals surface area (Å²) in [6.07, 6.45) is 1.64. The van der Waals surface area contributed by atoms with Crippen molar-refractivity contribution in [2.24, 2.45) is 0 Å². The van der Waals surface area contributed by atoms with Gasteiger partial charge >= 0.3 is 0 Å². The van der Waals surface area contributed by atoms with Crippen molar-refractivity contribution in [3.8, 4) is 0 Å². The highest BCUT2D eigenvalue weighted by Crippen LogP contribution is 2.29. The van der Waals surface area contributed by atoms with Crippen molar-refractivity contribution in [1.82, 2.24) is 5.32 Å². The minimum atomic E-state index is -0.127. The van der Waals surface area contributed by atoms with Gasteiger partial charge in [0.2, 0.25) is 5.91 Å². The number of thioether (sulfide) groups is 1. The van der Waals surface area contributed by atoms with Crippen LogP contribution in [0.5, 0.6) is 0 Å². The van der Waals surface area contributed by atoms with Crippen molar-refractivity contribution >= 4 is 29.3 Å². The van der Waals surface area contributed by atoms with Gasteiger partial charge in [0.1, 0.15) is 0 Å². The molecule has 0 saturated heterocycles. The maximum absolute atomic E-state index is 12.9. The van der Waals surface area contributed by atoms with E-state index in [0.29, 0.717) is 31.0 Å². The van der Waals surface area contributed by atoms with Crippen LogP contribution in [0.25, 0.3) is 0 Å². The van der Waals surface area contributed by atoms with Gasteiger partial charge in [-0.15, -0.1) is 11.8 Å². The molecule has 1 atom stereocenters. The van der Waals surface area contributed by atoms with E-state index in [1.54, 1.807) is 6.07 Å². The van der Waals surface area contributed by atoms with Gasteiger partial charge in [-0.05, 0) is 49.1 Å². The second kappa shape index (κ2) is 11.9. The summed E-state index contributed by atoms with van der Waals surface area (Å²) in [5.74, 6) is 0.233. The smallest absolute Gasteiger partial charge is 0.252 e. The summed E-state index contributed by atoms with van der Waals surface area (Å²) in [7, 11) is 0. The third-order valence-electron chi connectivity index (χ3n) is 5.91. The third kappa shape index (κ3) is 6.07. The largest absolute Gasteiger partial charge is 0.374 e. The summed E-state index contributed by atoms with van der Waals surface area (Å²) in [4.78, 5) is 28.3. The maximum Gasteiger partial charge on any atom is 0.252 e. The average Bonchev–Trinajstić information content (AvgIpc) is 3.32. The maximum atomic E-state index is 12.9. The molecule has 0 spiro atoms. The van der Waals surface area contributed by atoms with Crippen molar-refractivity contribution in [3.63, 3.8) is 0 Å². The van der Waals surface area contributed by atoms with Crippen molar-refractivity contribution < 1.29 is 14.3 Å². The number of benzene rings is 3. The van der Waals surface area contributed by atoms with Crippen molar-refractivity contribution in [1.29, 1.82) is 0 Å². The zero-order valence-electron chi connectivity index (χ0n) is 19.4. The van der Waals surface area contributed by atoms with Gasteiger partial charge in [0, 0.05) is 30.3 Å². The Hall–Kier alpha value is -3.09. The summed E-state index contributed by atoms with van der Waals surface area (Å²) in [5.41, 5.74) is 3.95. The molecule has 3 aromatic rings. The molecule has 1 unspecified atom stereocenters. The lowest BCUT2D eigenvalue weighted by atomic mass is 10.1. The van der Waals surface area contributed by atoms with Crippen LogP contribution >= 0.6 is 11.8 Å². The quantitative estimate of drug-likeness (QED) is 0.321. The number of para-hydroxylation sites is 1. The fourth-order valence-electron chi connectivity index (χ4n) is 4.04. The Kier molecular flexibility index (Phi) is 8.39. The molecule has 6 heteroatoms. The van der Waals surface area contributed by atoms with Gasteiger partial charge in [0.05, 0.1) is 17.4 Å². The van der Waals surface area contributed by atoms with E-state index in [1.165, 1.54) is 17.3 Å². The minimum Gasteiger partial charge on any atom is -0.374 e. The van der Waals surface area contributed by atoms with Crippen LogP contribution in [-0.4, -0.2) is 37.3 Å². The van der Waals surface area contributed by atoms with Crippen LogP contribution in [0, 0.1) is 0 Å². The number of rotatable bonds is 10. The fourth-order valence-corrected chi connectivity index (χ4v) is 4.97. The second-order valence-corrected chi connectivity index (χ2v) is 9.26. The predicted molar refractivity (Wildman–Crippen MR) is 137 cm³/mol. The monoisotopic (exact) mass is 474 g/mol. The van der Waals surface area contributed by atoms with E-state index >= 15 is 0 Å². The van der Waals surface area contributed by atoms with Crippen LogP contribution in [0.15, 0.2) is 83.8 Å². The number of anilines is 1. The molecule has 5 nitrogen and oxygen atoms in total. The number of ether oxygens (including phenoxy) is 1. The number of carbonyl (C=O) groups excluding carboxylic acids is 2. The van der Waals surface area contributed by atoms with Crippen molar-refractivity contribution in [2.75, 3.05) is 30.3 Å². The first-order valence-electron chi connectivity index (χ1n) is 11.7. The Labute approximate surface area is 205 Å². The standard InChI is InChI=1S/C28H30N2O3S/c1-21(22-10-3-2-4-11-22)33-19-9-17-29-28(32)24-13-6-8-15-26(24)34-20-27(31)30-18-16-23-12-5-7-14-25(23)30/h2-8,10-15,21H,9,16-20H2,1H3,(H,29,32). The van der Waals surface area contributed by atoms with E-state index in [-0.39, 0.29) is 17.9 Å². The molecule has 1 aliphatic rings. The van der Waals surface area contributed by atoms with Crippen LogP contribution < -0.4 is 10.2 Å². The molecule has 34 heavy (non-hydrogen) atoms. The lowest BCUT2D eigenvalue weighted by Gasteiger charge is -2.17. The van der Waals surface area contributed by atoms with Crippen molar-refractivity contribution in [2.45, 2.75) is 30.8 Å². The second-order valence-electron chi connectivity index (χ2n) is 8.24. The van der Waals surface area contributed by atoms with Crippen LogP contribution in [0.1, 0.15) is 40.9 Å². The first kappa shape index (κ1) is 24.0. The summed E-state index contributed by atoms with van der Waals surface area (Å²) in [6.45, 7) is 3.84. The normalized spacial score (nSPS) is 13.4. The highest BCUT2D eigenvalue weighted by Gasteiger charge is 2.24. The Morgan fingerprint density at radius 2 is 1.74 bits per heavy atom. The van der Waals surface area contributed by atoms with E-state index < -0.39 is 0 Å². The molecule has 176 valence electrons. The fraction of sp³-hybridized carbons (Fsp3) is 0.286. The number of hydrogen-bond acceptors (Lipinski definition) is 4. The summed E-state index contributed by atoms with van der Waals surface area (Å²) in [5, 5.41) is 2.98. The zero-order valence-corrected chi connectivity index (χ0v) is 20.2. The molecule has 4 rings (SSSR count). The van der Waals surface area contributed by atoms with Crippen LogP contribution in [-0.2, 0) is 16.0 Å². The van der Waals surface area contributed by atoms with E-state index in [1.807, 2.05) is 78.6 Å². The topological polar surface area (TPSA) is 58.6 Å². The van der Waals surface area contributed by atoms with Gasteiger partial charge in [-0.3, -0.25) is 9.59 Å². The summed E-state index contributed by atoms with van der Waals surface area (Å²) < 4.78 is 5.88. The molecule has 0 radical (unpaired) electrons. The zero-order chi connectivity index (χ0) is 23.8. The molecule has 1 aliphatic heterocycles. The van der Waals surface area contributed by atoms with Crippen LogP contribution in [0.2, 0.25) is 0 Å². The number of amides is 2. The van der Waals surface area contributed by atoms with Crippen LogP contribution in [0.3, 0.4) is 0 Å². The lowest BCUT2D eigenvalue weighted by molar-refractivity contribution is -0.116. The van der Waals surface area contributed by atoms with Gasteiger partial charge in [-0.2, -0.15) is 0 Å². The third-order valence-corrected chi connectivity index (χ3v) is 6.97. The van der Waals surface area contributed by atoms with E-state index in [2.05, 4.69) is 11.4 Å². The highest BCUT2D eigenvalue weighted by atomic mass is 32.2. The molecular formula is C28H30N2O3S. The Bertz CT molecular complexity index is 1120. The number of nitrogens with zero attached hydrogens (tertiary/aromatic N) is 1. The Balaban J connectivity index is 1.24. The average molecular weight is 475 g/mol. The predicted octanol–water partition coefficient (Wildman–Crippen LogP) is 5.27. The van der Waals surface area contributed by atoms with Gasteiger partial charge in [0.15, 0.2) is 0 Å². The number of carbonyl (C=O) groups is 2. The molecular weight excluding hydrogens is 444 g/mol. The first-order valence-corrected chi connectivity index (χ1v) is 12.7. The molecule has 1 heterocycles. The Morgan fingerprint density at radius 3 is 2.59 bits per heavy atom. The number of nitrogens with one attached hydrogen (secondary N) is 1. The highest BCUT2D eigenvalue weighted by molar-refractivity contribution is 8.00. The number of hydrogen-bond donors (Lipinski definition) is 1. The lowest BCUT2D eigenvalue weighted by Crippen LogP contribution is -2.30. The van der Waals surface area contributed by atoms with Crippen molar-refractivity contribution in [3.05, 3.63) is 95.6 Å². The first-order chi connectivity index (χ1) is 16.6. The Morgan fingerprint density at radius 1 is 1.00 bits per heavy atom. The summed E-state index contributed by atoms with van der Waals surface area (Å²) >= 11 is 1.41. The minimum absolute atomic E-state index is 0.0223. The molecule has 0 bridgehead atoms. The molecule has 0 aromatic heterocycles. The molecule has 0 aliphatic carbocycles. The molecule has 1 N–H and O–H groups in total. The molecule has 0 saturated carbocycles. The molecule has 2 amide bonds. The van der Waals surface area contributed by atoms with Gasteiger partial charge < -0.3 is 15.0 Å². The van der Waals surface area contributed by atoms with Gasteiger partial charge in [-0.25, -0.2) is 0 Å². The SMILES string of the molecule is CC(OCCCNC(=O)c1ccccc1SCC(=O)N1CCc2ccccc21)c1ccccc1. The van der Waals surface area contributed by atoms with E-state index in [0.717, 1.165) is 29.0 Å².